The summed E-state index contributed by atoms with van der Waals surface area (Å²) in [4.78, 5) is 55.3. The minimum absolute atomic E-state index is 0. The summed E-state index contributed by atoms with van der Waals surface area (Å²) in [5.41, 5.74) is 12.5. The van der Waals surface area contributed by atoms with Crippen LogP contribution in [0.25, 0.3) is 44.8 Å². The lowest BCUT2D eigenvalue weighted by atomic mass is 9.87. The van der Waals surface area contributed by atoms with Crippen molar-refractivity contribution in [3.8, 4) is 50.6 Å². The second-order valence-corrected chi connectivity index (χ2v) is 16.2. The van der Waals surface area contributed by atoms with Crippen molar-refractivity contribution in [1.29, 1.82) is 0 Å². The van der Waals surface area contributed by atoms with E-state index in [0.717, 1.165) is 99.1 Å². The number of aryl methyl sites for hydroxylation is 2. The third-order valence-corrected chi connectivity index (χ3v) is 11.4. The normalized spacial score (nSPS) is 12.5. The fourth-order valence-corrected chi connectivity index (χ4v) is 8.60. The van der Waals surface area contributed by atoms with Crippen LogP contribution in [-0.4, -0.2) is 52.2 Å². The van der Waals surface area contributed by atoms with Crippen LogP contribution in [0.2, 0.25) is 0 Å². The number of fused-ring (bicyclic) bond motifs is 6. The van der Waals surface area contributed by atoms with Gasteiger partial charge in [-0.15, -0.1) is 17.0 Å². The topological polar surface area (TPSA) is 133 Å². The third-order valence-electron chi connectivity index (χ3n) is 11.4. The number of benzene rings is 2. The van der Waals surface area contributed by atoms with Gasteiger partial charge in [-0.1, -0.05) is 52.0 Å². The lowest BCUT2D eigenvalue weighted by Crippen LogP contribution is -2.16. The molecule has 2 aromatic carbocycles. The van der Waals surface area contributed by atoms with E-state index in [2.05, 4.69) is 9.97 Å². The van der Waals surface area contributed by atoms with Gasteiger partial charge in [-0.05, 0) is 122 Å². The van der Waals surface area contributed by atoms with Crippen molar-refractivity contribution >= 4 is 28.9 Å². The maximum absolute atomic E-state index is 13.7. The van der Waals surface area contributed by atoms with Crippen LogP contribution >= 0.6 is 17.0 Å². The van der Waals surface area contributed by atoms with Crippen molar-refractivity contribution < 1.29 is 32.6 Å². The van der Waals surface area contributed by atoms with Gasteiger partial charge in [0.1, 0.15) is 11.6 Å². The molecule has 0 bridgehead atoms. The molecule has 0 unspecified atom stereocenters. The number of nitrogens with one attached hydrogen (secondary N) is 1. The van der Waals surface area contributed by atoms with Crippen molar-refractivity contribution in [2.45, 2.75) is 91.9 Å². The van der Waals surface area contributed by atoms with Gasteiger partial charge in [-0.3, -0.25) is 14.8 Å². The molecule has 0 fully saturated rings. The van der Waals surface area contributed by atoms with Crippen LogP contribution in [-0.2, 0) is 35.2 Å². The second kappa shape index (κ2) is 20.6. The Morgan fingerprint density at radius 1 is 0.688 bits per heavy atom. The van der Waals surface area contributed by atoms with Crippen LogP contribution in [0.4, 0.5) is 8.78 Å². The summed E-state index contributed by atoms with van der Waals surface area (Å²) in [6.07, 6.45) is 8.20. The minimum Gasteiger partial charge on any atom is -0.481 e. The average molecular weight is 936 g/mol. The molecule has 2 aliphatic rings. The first kappa shape index (κ1) is 47.4. The van der Waals surface area contributed by atoms with E-state index in [-0.39, 0.29) is 59.2 Å². The zero-order chi connectivity index (χ0) is 44.9. The number of esters is 2. The van der Waals surface area contributed by atoms with Crippen LogP contribution in [0.3, 0.4) is 0 Å². The summed E-state index contributed by atoms with van der Waals surface area (Å²) >= 11 is 0. The number of ether oxygens (including phenoxy) is 3. The monoisotopic (exact) mass is 934 g/mol. The summed E-state index contributed by atoms with van der Waals surface area (Å²) in [5, 5.41) is 0. The maximum atomic E-state index is 13.7. The highest BCUT2D eigenvalue weighted by atomic mass is 79.9. The fourth-order valence-electron chi connectivity index (χ4n) is 8.60. The first-order valence-corrected chi connectivity index (χ1v) is 21.6. The number of carbonyl (C=O) groups excluding carboxylic acids is 2. The summed E-state index contributed by atoms with van der Waals surface area (Å²) in [6.45, 7) is 12.1. The van der Waals surface area contributed by atoms with Gasteiger partial charge in [0.05, 0.1) is 54.2 Å². The summed E-state index contributed by atoms with van der Waals surface area (Å²) in [6, 6.07) is 16.0. The first-order chi connectivity index (χ1) is 30.3. The van der Waals surface area contributed by atoms with E-state index >= 15 is 0 Å². The Balaban J connectivity index is 0.000000209. The molecule has 0 amide bonds. The summed E-state index contributed by atoms with van der Waals surface area (Å²) in [5.74, 6) is -0.978. The summed E-state index contributed by atoms with van der Waals surface area (Å²) in [7, 11) is 1.60. The van der Waals surface area contributed by atoms with Gasteiger partial charge in [-0.2, -0.15) is 0 Å². The summed E-state index contributed by atoms with van der Waals surface area (Å²) < 4.78 is 43.6. The molecule has 64 heavy (non-hydrogen) atoms. The Labute approximate surface area is 382 Å². The zero-order valence-electron chi connectivity index (χ0n) is 37.2. The first-order valence-electron chi connectivity index (χ1n) is 21.6. The van der Waals surface area contributed by atoms with E-state index in [1.54, 1.807) is 63.7 Å². The molecule has 0 aliphatic heterocycles. The number of halogens is 3. The molecule has 1 N–H and O–H groups in total. The van der Waals surface area contributed by atoms with E-state index in [0.29, 0.717) is 34.8 Å². The standard InChI is InChI=1S/C26H27FN2O3.C25H25FN2O3.BrH/c1-5-32-26(30)23-22(16-9-11-18(27)12-10-16)19-8-6-7-17-13-21(31-4)28-14-20(17)25(19)29-24(23)15(2)3;1-4-31-25(30)22-21(15-8-10-17(26)11-9-15)18-7-5-6-16-12-20(29)27-13-19(16)24(18)28-23(22)14(2)3;/h9-15H,5-8H2,1-4H3;8-14H,4-7H2,1-3H3,(H,27,29);1H. The number of hydrogen-bond acceptors (Lipinski definition) is 9. The van der Waals surface area contributed by atoms with Crippen molar-refractivity contribution in [2.75, 3.05) is 20.3 Å². The molecule has 4 aromatic heterocycles. The zero-order valence-corrected chi connectivity index (χ0v) is 38.9. The molecule has 0 atom stereocenters. The molecule has 334 valence electrons. The predicted molar refractivity (Wildman–Crippen MR) is 250 cm³/mol. The lowest BCUT2D eigenvalue weighted by Gasteiger charge is -2.22. The Hall–Kier alpha value is -6.08. The van der Waals surface area contributed by atoms with Crippen LogP contribution in [0.5, 0.6) is 5.88 Å². The molecule has 4 heterocycles. The number of hydrogen-bond donors (Lipinski definition) is 1. The number of nitrogens with zero attached hydrogens (tertiary/aromatic N) is 3. The van der Waals surface area contributed by atoms with Gasteiger partial charge < -0.3 is 19.2 Å². The Kier molecular flexibility index (Phi) is 15.3. The quantitative estimate of drug-likeness (QED) is 0.141. The second-order valence-electron chi connectivity index (χ2n) is 16.2. The molecule has 0 spiro atoms. The van der Waals surface area contributed by atoms with Gasteiger partial charge in [0.25, 0.3) is 0 Å². The number of aromatic amines is 1. The van der Waals surface area contributed by atoms with Gasteiger partial charge in [0.2, 0.25) is 11.4 Å². The smallest absolute Gasteiger partial charge is 0.340 e. The van der Waals surface area contributed by atoms with Gasteiger partial charge in [-0.25, -0.2) is 23.4 Å². The van der Waals surface area contributed by atoms with Gasteiger partial charge in [0.15, 0.2) is 0 Å². The van der Waals surface area contributed by atoms with E-state index in [4.69, 9.17) is 24.2 Å². The molecule has 13 heteroatoms. The third kappa shape index (κ3) is 9.69. The van der Waals surface area contributed by atoms with E-state index < -0.39 is 11.9 Å². The highest BCUT2D eigenvalue weighted by molar-refractivity contribution is 8.93. The van der Waals surface area contributed by atoms with Crippen molar-refractivity contribution in [3.63, 3.8) is 0 Å². The van der Waals surface area contributed by atoms with Crippen molar-refractivity contribution in [1.82, 2.24) is 19.9 Å². The Bertz CT molecular complexity index is 2740. The highest BCUT2D eigenvalue weighted by Gasteiger charge is 2.32. The molecule has 0 saturated heterocycles. The number of carbonyl (C=O) groups is 2. The molecular formula is C51H53BrF2N4O6. The van der Waals surface area contributed by atoms with Crippen LogP contribution in [0.15, 0.2) is 77.9 Å². The molecular weight excluding hydrogens is 882 g/mol. The van der Waals surface area contributed by atoms with Crippen LogP contribution < -0.4 is 10.3 Å². The van der Waals surface area contributed by atoms with Crippen LogP contribution in [0, 0.1) is 11.6 Å². The number of rotatable bonds is 9. The highest BCUT2D eigenvalue weighted by Crippen LogP contribution is 2.43. The average Bonchev–Trinajstić information content (AvgIpc) is 3.57. The maximum Gasteiger partial charge on any atom is 0.340 e. The number of methoxy groups -OCH3 is 1. The lowest BCUT2D eigenvalue weighted by molar-refractivity contribution is 0.0515. The fraction of sp³-hybridized carbons (Fsp3) is 0.333. The molecule has 0 radical (unpaired) electrons. The van der Waals surface area contributed by atoms with Crippen LogP contribution in [0.1, 0.15) is 121 Å². The number of aromatic nitrogens is 4. The van der Waals surface area contributed by atoms with E-state index in [1.165, 1.54) is 24.3 Å². The number of pyridine rings is 4. The molecule has 8 rings (SSSR count). The minimum atomic E-state index is -0.424. The predicted octanol–water partition coefficient (Wildman–Crippen LogP) is 11.4. The molecule has 0 saturated carbocycles. The Morgan fingerprint density at radius 2 is 1.14 bits per heavy atom. The molecule has 10 nitrogen and oxygen atoms in total. The molecule has 2 aliphatic carbocycles. The van der Waals surface area contributed by atoms with E-state index in [1.807, 2.05) is 33.8 Å². The largest absolute Gasteiger partial charge is 0.481 e. The SMILES string of the molecule is Br.CCOC(=O)c1c(C(C)C)nc2c(c1-c1ccc(F)cc1)CCCc1cc(=O)[nH]cc1-2.CCOC(=O)c1c(C(C)C)nc2c(c1-c1ccc(F)cc1)CCCc1cc(OC)ncc1-2. The number of H-pyrrole nitrogens is 1. The van der Waals surface area contributed by atoms with Gasteiger partial charge in [0, 0.05) is 46.8 Å². The van der Waals surface area contributed by atoms with E-state index in [9.17, 15) is 23.2 Å². The van der Waals surface area contributed by atoms with Crippen molar-refractivity contribution in [2.24, 2.45) is 0 Å². The van der Waals surface area contributed by atoms with Crippen molar-refractivity contribution in [3.05, 3.63) is 140 Å². The molecule has 6 aromatic rings. The van der Waals surface area contributed by atoms with Gasteiger partial charge >= 0.3 is 11.9 Å². The Morgan fingerprint density at radius 3 is 1.58 bits per heavy atom.